The van der Waals surface area contributed by atoms with E-state index in [9.17, 15) is 8.42 Å². The van der Waals surface area contributed by atoms with E-state index in [1.807, 2.05) is 23.6 Å². The number of anilines is 1. The Morgan fingerprint density at radius 1 is 1.09 bits per heavy atom. The van der Waals surface area contributed by atoms with Gasteiger partial charge in [-0.1, -0.05) is 23.2 Å². The highest BCUT2D eigenvalue weighted by atomic mass is 35.5. The van der Waals surface area contributed by atoms with Crippen LogP contribution >= 0.6 is 34.5 Å². The zero-order valence-corrected chi connectivity index (χ0v) is 21.4. The lowest BCUT2D eigenvalue weighted by atomic mass is 10.1. The van der Waals surface area contributed by atoms with Crippen LogP contribution in [-0.2, 0) is 16.3 Å². The van der Waals surface area contributed by atoms with Crippen molar-refractivity contribution >= 4 is 49.5 Å². The molecule has 0 saturated carbocycles. The van der Waals surface area contributed by atoms with Crippen molar-refractivity contribution in [3.8, 4) is 11.5 Å². The van der Waals surface area contributed by atoms with Gasteiger partial charge in [0.2, 0.25) is 0 Å². The molecule has 2 heterocycles. The van der Waals surface area contributed by atoms with Crippen LogP contribution in [0.4, 0.5) is 5.13 Å². The standard InChI is InChI=1S/C23H24Cl2N2O4S2/c1-30-18-4-6-21(31-2)15(12-18)11-17-14-32-23(26-17)27-9-7-19(8-10-27)33(28,29)22-13-16(24)3-5-20(22)25/h3-6,12-14,19H,7-11H2,1-2H3. The monoisotopic (exact) mass is 526 g/mol. The van der Waals surface area contributed by atoms with Crippen molar-refractivity contribution in [2.75, 3.05) is 32.2 Å². The molecule has 6 nitrogen and oxygen atoms in total. The third-order valence-corrected chi connectivity index (χ3v) is 9.68. The average molecular weight is 527 g/mol. The minimum absolute atomic E-state index is 0.110. The Labute approximate surface area is 208 Å². The Bertz CT molecular complexity index is 1240. The topological polar surface area (TPSA) is 68.7 Å². The van der Waals surface area contributed by atoms with Gasteiger partial charge in [-0.3, -0.25) is 0 Å². The molecule has 3 aromatic rings. The van der Waals surface area contributed by atoms with E-state index in [2.05, 4.69) is 4.90 Å². The van der Waals surface area contributed by atoms with E-state index < -0.39 is 15.1 Å². The average Bonchev–Trinajstić information content (AvgIpc) is 3.29. The predicted octanol–water partition coefficient (Wildman–Crippen LogP) is 5.50. The summed E-state index contributed by atoms with van der Waals surface area (Å²) in [5.74, 6) is 1.56. The van der Waals surface area contributed by atoms with E-state index in [4.69, 9.17) is 37.7 Å². The first-order valence-electron chi connectivity index (χ1n) is 10.4. The van der Waals surface area contributed by atoms with Crippen LogP contribution in [0.3, 0.4) is 0 Å². The van der Waals surface area contributed by atoms with Gasteiger partial charge < -0.3 is 14.4 Å². The van der Waals surface area contributed by atoms with Crippen molar-refractivity contribution < 1.29 is 17.9 Å². The molecule has 10 heteroatoms. The number of methoxy groups -OCH3 is 2. The first-order chi connectivity index (χ1) is 15.8. The smallest absolute Gasteiger partial charge is 0.185 e. The molecule has 0 N–H and O–H groups in total. The molecule has 0 spiro atoms. The summed E-state index contributed by atoms with van der Waals surface area (Å²) in [4.78, 5) is 7.04. The summed E-state index contributed by atoms with van der Waals surface area (Å²) in [6.07, 6.45) is 1.63. The number of sulfone groups is 1. The number of benzene rings is 2. The van der Waals surface area contributed by atoms with Gasteiger partial charge in [0.1, 0.15) is 11.5 Å². The number of nitrogens with zero attached hydrogens (tertiary/aromatic N) is 2. The maximum atomic E-state index is 13.1. The van der Waals surface area contributed by atoms with Crippen LogP contribution in [0.1, 0.15) is 24.1 Å². The fourth-order valence-electron chi connectivity index (χ4n) is 3.97. The summed E-state index contributed by atoms with van der Waals surface area (Å²) in [5, 5.41) is 2.99. The molecule has 176 valence electrons. The van der Waals surface area contributed by atoms with Gasteiger partial charge >= 0.3 is 0 Å². The molecule has 0 radical (unpaired) electrons. The molecule has 0 unspecified atom stereocenters. The Balaban J connectivity index is 1.44. The van der Waals surface area contributed by atoms with E-state index >= 15 is 0 Å². The number of piperidine rings is 1. The van der Waals surface area contributed by atoms with Crippen LogP contribution in [-0.4, -0.2) is 46.0 Å². The zero-order chi connectivity index (χ0) is 23.6. The summed E-state index contributed by atoms with van der Waals surface area (Å²) < 4.78 is 37.1. The van der Waals surface area contributed by atoms with Crippen LogP contribution in [0.5, 0.6) is 11.5 Å². The summed E-state index contributed by atoms with van der Waals surface area (Å²) in [6.45, 7) is 1.22. The molecule has 0 aliphatic carbocycles. The van der Waals surface area contributed by atoms with E-state index in [1.54, 1.807) is 31.6 Å². The number of rotatable bonds is 7. The van der Waals surface area contributed by atoms with E-state index in [0.29, 0.717) is 37.4 Å². The molecule has 2 aromatic carbocycles. The van der Waals surface area contributed by atoms with Gasteiger partial charge in [-0.2, -0.15) is 0 Å². The molecule has 0 amide bonds. The minimum atomic E-state index is -3.56. The van der Waals surface area contributed by atoms with Crippen molar-refractivity contribution in [2.24, 2.45) is 0 Å². The first-order valence-corrected chi connectivity index (χ1v) is 13.6. The SMILES string of the molecule is COc1ccc(OC)c(Cc2csc(N3CCC(S(=O)(=O)c4cc(Cl)ccc4Cl)CC3)n2)c1. The second-order valence-corrected chi connectivity index (χ2v) is 11.7. The first kappa shape index (κ1) is 24.1. The van der Waals surface area contributed by atoms with Crippen LogP contribution < -0.4 is 14.4 Å². The molecular weight excluding hydrogens is 503 g/mol. The lowest BCUT2D eigenvalue weighted by molar-refractivity contribution is 0.399. The largest absolute Gasteiger partial charge is 0.497 e. The number of hydrogen-bond acceptors (Lipinski definition) is 7. The van der Waals surface area contributed by atoms with E-state index in [0.717, 1.165) is 27.9 Å². The third-order valence-electron chi connectivity index (χ3n) is 5.75. The van der Waals surface area contributed by atoms with Crippen molar-refractivity contribution in [1.82, 2.24) is 4.98 Å². The Morgan fingerprint density at radius 3 is 2.55 bits per heavy atom. The third kappa shape index (κ3) is 5.24. The van der Waals surface area contributed by atoms with Gasteiger partial charge in [0, 0.05) is 35.5 Å². The molecular formula is C23H24Cl2N2O4S2. The Morgan fingerprint density at radius 2 is 1.85 bits per heavy atom. The minimum Gasteiger partial charge on any atom is -0.497 e. The van der Waals surface area contributed by atoms with Crippen LogP contribution in [0.25, 0.3) is 0 Å². The molecule has 0 atom stereocenters. The number of halogens is 2. The van der Waals surface area contributed by atoms with Crippen LogP contribution in [0.2, 0.25) is 10.0 Å². The van der Waals surface area contributed by atoms with Crippen LogP contribution in [0.15, 0.2) is 46.7 Å². The summed E-state index contributed by atoms with van der Waals surface area (Å²) >= 11 is 13.7. The highest BCUT2D eigenvalue weighted by Gasteiger charge is 2.33. The van der Waals surface area contributed by atoms with Gasteiger partial charge in [-0.15, -0.1) is 11.3 Å². The lowest BCUT2D eigenvalue weighted by Gasteiger charge is -2.31. The van der Waals surface area contributed by atoms with Crippen molar-refractivity contribution in [3.63, 3.8) is 0 Å². The molecule has 1 aliphatic heterocycles. The Kier molecular flexibility index (Phi) is 7.38. The summed E-state index contributed by atoms with van der Waals surface area (Å²) in [6, 6.07) is 10.3. The summed E-state index contributed by atoms with van der Waals surface area (Å²) in [5.41, 5.74) is 1.93. The van der Waals surface area contributed by atoms with Gasteiger partial charge in [0.25, 0.3) is 0 Å². The molecule has 1 saturated heterocycles. The molecule has 1 aromatic heterocycles. The predicted molar refractivity (Wildman–Crippen MR) is 133 cm³/mol. The van der Waals surface area contributed by atoms with E-state index in [1.165, 1.54) is 12.1 Å². The number of hydrogen-bond donors (Lipinski definition) is 0. The summed E-state index contributed by atoms with van der Waals surface area (Å²) in [7, 11) is -0.275. The number of aromatic nitrogens is 1. The number of thiazole rings is 1. The fraction of sp³-hybridized carbons (Fsp3) is 0.348. The van der Waals surface area contributed by atoms with E-state index in [-0.39, 0.29) is 9.92 Å². The lowest BCUT2D eigenvalue weighted by Crippen LogP contribution is -2.39. The second-order valence-electron chi connectivity index (χ2n) is 7.78. The molecule has 1 aliphatic rings. The Hall–Kier alpha value is -2.00. The molecule has 33 heavy (non-hydrogen) atoms. The maximum absolute atomic E-state index is 13.1. The second kappa shape index (κ2) is 10.1. The normalized spacial score (nSPS) is 15.0. The zero-order valence-electron chi connectivity index (χ0n) is 18.3. The molecule has 4 rings (SSSR count). The van der Waals surface area contributed by atoms with Crippen molar-refractivity contribution in [3.05, 3.63) is 63.1 Å². The maximum Gasteiger partial charge on any atom is 0.185 e. The van der Waals surface area contributed by atoms with Gasteiger partial charge in [-0.05, 0) is 49.2 Å². The van der Waals surface area contributed by atoms with Crippen LogP contribution in [0, 0.1) is 0 Å². The quantitative estimate of drug-likeness (QED) is 0.404. The van der Waals surface area contributed by atoms with Gasteiger partial charge in [-0.25, -0.2) is 13.4 Å². The molecule has 0 bridgehead atoms. The van der Waals surface area contributed by atoms with Crippen molar-refractivity contribution in [1.29, 1.82) is 0 Å². The molecule has 1 fully saturated rings. The number of ether oxygens (including phenoxy) is 2. The van der Waals surface area contributed by atoms with Gasteiger partial charge in [0.05, 0.1) is 35.1 Å². The fourth-order valence-corrected chi connectivity index (χ4v) is 7.35. The van der Waals surface area contributed by atoms with Crippen molar-refractivity contribution in [2.45, 2.75) is 29.4 Å². The van der Waals surface area contributed by atoms with Gasteiger partial charge in [0.15, 0.2) is 15.0 Å². The highest BCUT2D eigenvalue weighted by molar-refractivity contribution is 7.92. The highest BCUT2D eigenvalue weighted by Crippen LogP contribution is 2.34.